The Balaban J connectivity index is 1.45. The van der Waals surface area contributed by atoms with Crippen LogP contribution >= 0.6 is 23.4 Å². The van der Waals surface area contributed by atoms with Crippen molar-refractivity contribution in [2.45, 2.75) is 10.7 Å². The fourth-order valence-electron chi connectivity index (χ4n) is 3.02. The van der Waals surface area contributed by atoms with E-state index in [-0.39, 0.29) is 12.5 Å². The maximum Gasteiger partial charge on any atom is 0.288 e. The van der Waals surface area contributed by atoms with Crippen molar-refractivity contribution in [3.8, 4) is 0 Å². The Morgan fingerprint density at radius 2 is 1.62 bits per heavy atom. The fourth-order valence-corrected chi connectivity index (χ4v) is 3.65. The maximum absolute atomic E-state index is 12.4. The normalized spacial score (nSPS) is 14.2. The summed E-state index contributed by atoms with van der Waals surface area (Å²) in [7, 11) is 0. The molecule has 1 heterocycles. The highest BCUT2D eigenvalue weighted by Gasteiger charge is 2.21. The monoisotopic (exact) mass is 439 g/mol. The highest BCUT2D eigenvalue weighted by atomic mass is 35.5. The molecule has 1 aliphatic heterocycles. The van der Waals surface area contributed by atoms with Gasteiger partial charge in [0, 0.05) is 47.3 Å². The van der Waals surface area contributed by atoms with E-state index in [1.807, 2.05) is 24.3 Å². The number of rotatable bonds is 6. The van der Waals surface area contributed by atoms with Gasteiger partial charge in [0.25, 0.3) is 11.7 Å². The van der Waals surface area contributed by atoms with Gasteiger partial charge in [-0.1, -0.05) is 23.4 Å². The van der Waals surface area contributed by atoms with E-state index in [9.17, 15) is 18.4 Å². The largest absolute Gasteiger partial charge is 0.368 e. The maximum atomic E-state index is 12.4. The minimum Gasteiger partial charge on any atom is -0.368 e. The molecule has 0 aliphatic carbocycles. The van der Waals surface area contributed by atoms with Crippen LogP contribution in [0.2, 0.25) is 5.02 Å². The number of halogens is 3. The molecule has 0 bridgehead atoms. The molecule has 0 spiro atoms. The van der Waals surface area contributed by atoms with Crippen LogP contribution in [0.3, 0.4) is 0 Å². The topological polar surface area (TPSA) is 52.7 Å². The second-order valence-electron chi connectivity index (χ2n) is 6.43. The number of carbonyl (C=O) groups is 2. The van der Waals surface area contributed by atoms with Gasteiger partial charge in [0.2, 0.25) is 5.91 Å². The number of piperazine rings is 1. The molecule has 5 nitrogen and oxygen atoms in total. The van der Waals surface area contributed by atoms with Crippen molar-refractivity contribution in [1.29, 1.82) is 0 Å². The molecule has 3 rings (SSSR count). The van der Waals surface area contributed by atoms with Gasteiger partial charge in [-0.25, -0.2) is 0 Å². The number of nitrogens with zero attached hydrogens (tertiary/aromatic N) is 2. The lowest BCUT2D eigenvalue weighted by Gasteiger charge is -2.36. The number of alkyl halides is 2. The smallest absolute Gasteiger partial charge is 0.288 e. The summed E-state index contributed by atoms with van der Waals surface area (Å²) in [6.07, 6.45) is 0. The molecule has 29 heavy (non-hydrogen) atoms. The first-order valence-electron chi connectivity index (χ1n) is 9.04. The molecule has 2 aromatic carbocycles. The summed E-state index contributed by atoms with van der Waals surface area (Å²) < 4.78 is 24.7. The standard InChI is InChI=1S/C20H20ClF2N3O2S/c21-15-3-5-16(6-4-15)25-9-11-26(12-10-25)18(27)13-24-19(28)14-1-7-17(8-2-14)29-20(22)23/h1-8,20H,9-13H2,(H,24,28). The van der Waals surface area contributed by atoms with Crippen LogP contribution < -0.4 is 10.2 Å². The van der Waals surface area contributed by atoms with Crippen LogP contribution in [0.25, 0.3) is 0 Å². The summed E-state index contributed by atoms with van der Waals surface area (Å²) in [6, 6.07) is 13.4. The first kappa shape index (κ1) is 21.4. The number of carbonyl (C=O) groups excluding carboxylic acids is 2. The van der Waals surface area contributed by atoms with E-state index >= 15 is 0 Å². The Labute approximate surface area is 177 Å². The van der Waals surface area contributed by atoms with Gasteiger partial charge in [0.1, 0.15) is 0 Å². The number of amides is 2. The molecule has 1 N–H and O–H groups in total. The van der Waals surface area contributed by atoms with Crippen LogP contribution in [0, 0.1) is 0 Å². The van der Waals surface area contributed by atoms with Crippen molar-refractivity contribution < 1.29 is 18.4 Å². The zero-order valence-corrected chi connectivity index (χ0v) is 17.1. The second-order valence-corrected chi connectivity index (χ2v) is 7.93. The quantitative estimate of drug-likeness (QED) is 0.697. The van der Waals surface area contributed by atoms with Gasteiger partial charge in [-0.15, -0.1) is 0 Å². The van der Waals surface area contributed by atoms with E-state index in [1.165, 1.54) is 24.3 Å². The Morgan fingerprint density at radius 1 is 1.00 bits per heavy atom. The Morgan fingerprint density at radius 3 is 2.21 bits per heavy atom. The zero-order chi connectivity index (χ0) is 20.8. The van der Waals surface area contributed by atoms with Crippen molar-refractivity contribution in [1.82, 2.24) is 10.2 Å². The average molecular weight is 440 g/mol. The number of hydrogen-bond donors (Lipinski definition) is 1. The van der Waals surface area contributed by atoms with Crippen molar-refractivity contribution in [2.24, 2.45) is 0 Å². The first-order chi connectivity index (χ1) is 13.9. The number of anilines is 1. The summed E-state index contributed by atoms with van der Waals surface area (Å²) in [6.45, 7) is 2.43. The lowest BCUT2D eigenvalue weighted by Crippen LogP contribution is -2.51. The summed E-state index contributed by atoms with van der Waals surface area (Å²) in [5.41, 5.74) is 1.38. The van der Waals surface area contributed by atoms with Crippen molar-refractivity contribution in [3.05, 3.63) is 59.1 Å². The molecule has 0 aromatic heterocycles. The van der Waals surface area contributed by atoms with E-state index in [2.05, 4.69) is 10.2 Å². The van der Waals surface area contributed by atoms with Gasteiger partial charge < -0.3 is 15.1 Å². The molecular weight excluding hydrogens is 420 g/mol. The van der Waals surface area contributed by atoms with Crippen LogP contribution in [0.15, 0.2) is 53.4 Å². The van der Waals surface area contributed by atoms with Crippen LogP contribution in [-0.4, -0.2) is 55.2 Å². The molecule has 9 heteroatoms. The predicted octanol–water partition coefficient (Wildman–Crippen LogP) is 3.73. The minimum absolute atomic E-state index is 0.104. The van der Waals surface area contributed by atoms with Crippen molar-refractivity contribution in [2.75, 3.05) is 37.6 Å². The third kappa shape index (κ3) is 6.08. The van der Waals surface area contributed by atoms with E-state index < -0.39 is 11.7 Å². The predicted molar refractivity (Wildman–Crippen MR) is 111 cm³/mol. The average Bonchev–Trinajstić information content (AvgIpc) is 2.72. The van der Waals surface area contributed by atoms with Gasteiger partial charge in [-0.2, -0.15) is 8.78 Å². The van der Waals surface area contributed by atoms with Crippen LogP contribution in [0.1, 0.15) is 10.4 Å². The summed E-state index contributed by atoms with van der Waals surface area (Å²) in [5.74, 6) is -3.07. The number of benzene rings is 2. The van der Waals surface area contributed by atoms with Crippen LogP contribution in [-0.2, 0) is 4.79 Å². The SMILES string of the molecule is O=C(NCC(=O)N1CCN(c2ccc(Cl)cc2)CC1)c1ccc(SC(F)F)cc1. The Bertz CT molecular complexity index is 842. The zero-order valence-electron chi connectivity index (χ0n) is 15.5. The molecule has 0 atom stereocenters. The third-order valence-corrected chi connectivity index (χ3v) is 5.54. The molecular formula is C20H20ClF2N3O2S. The van der Waals surface area contributed by atoms with Crippen LogP contribution in [0.4, 0.5) is 14.5 Å². The molecule has 0 saturated carbocycles. The summed E-state index contributed by atoms with van der Waals surface area (Å²) in [5, 5.41) is 3.27. The van der Waals surface area contributed by atoms with Crippen LogP contribution in [0.5, 0.6) is 0 Å². The molecule has 154 valence electrons. The number of nitrogens with one attached hydrogen (secondary N) is 1. The molecule has 1 saturated heterocycles. The first-order valence-corrected chi connectivity index (χ1v) is 10.3. The van der Waals surface area contributed by atoms with Crippen molar-refractivity contribution >= 4 is 40.9 Å². The molecule has 1 fully saturated rings. The Kier molecular flexibility index (Phi) is 7.33. The molecule has 0 unspecified atom stereocenters. The lowest BCUT2D eigenvalue weighted by atomic mass is 10.2. The van der Waals surface area contributed by atoms with Gasteiger partial charge in [0.05, 0.1) is 6.54 Å². The number of hydrogen-bond acceptors (Lipinski definition) is 4. The fraction of sp³-hybridized carbons (Fsp3) is 0.300. The van der Waals surface area contributed by atoms with E-state index in [0.29, 0.717) is 53.4 Å². The van der Waals surface area contributed by atoms with E-state index in [0.717, 1.165) is 5.69 Å². The minimum atomic E-state index is -2.51. The molecule has 2 aromatic rings. The molecule has 0 radical (unpaired) electrons. The highest BCUT2D eigenvalue weighted by Crippen LogP contribution is 2.25. The van der Waals surface area contributed by atoms with Gasteiger partial charge in [-0.3, -0.25) is 9.59 Å². The lowest BCUT2D eigenvalue weighted by molar-refractivity contribution is -0.130. The Hall–Kier alpha value is -2.32. The van der Waals surface area contributed by atoms with Gasteiger partial charge in [0.15, 0.2) is 0 Å². The summed E-state index contributed by atoms with van der Waals surface area (Å²) >= 11 is 6.33. The third-order valence-electron chi connectivity index (χ3n) is 4.57. The van der Waals surface area contributed by atoms with Gasteiger partial charge >= 0.3 is 0 Å². The molecule has 2 amide bonds. The molecule has 1 aliphatic rings. The van der Waals surface area contributed by atoms with Gasteiger partial charge in [-0.05, 0) is 48.5 Å². The summed E-state index contributed by atoms with van der Waals surface area (Å²) in [4.78, 5) is 28.8. The highest BCUT2D eigenvalue weighted by molar-refractivity contribution is 7.99. The number of thioether (sulfide) groups is 1. The van der Waals surface area contributed by atoms with E-state index in [4.69, 9.17) is 11.6 Å². The van der Waals surface area contributed by atoms with Crippen molar-refractivity contribution in [3.63, 3.8) is 0 Å². The second kappa shape index (κ2) is 9.93. The van der Waals surface area contributed by atoms with E-state index in [1.54, 1.807) is 4.90 Å².